The summed E-state index contributed by atoms with van der Waals surface area (Å²) in [5, 5.41) is 7.72. The topological polar surface area (TPSA) is 103 Å². The minimum atomic E-state index is -0.593. The van der Waals surface area contributed by atoms with Crippen LogP contribution in [0.1, 0.15) is 50.4 Å². The van der Waals surface area contributed by atoms with Crippen molar-refractivity contribution in [3.63, 3.8) is 0 Å². The van der Waals surface area contributed by atoms with Crippen molar-refractivity contribution in [2.45, 2.75) is 25.7 Å². The van der Waals surface area contributed by atoms with Crippen LogP contribution in [0.15, 0.2) is 60.7 Å². The van der Waals surface area contributed by atoms with Crippen molar-refractivity contribution in [1.82, 2.24) is 14.8 Å². The van der Waals surface area contributed by atoms with E-state index in [0.29, 0.717) is 16.5 Å². The maximum atomic E-state index is 13.1. The summed E-state index contributed by atoms with van der Waals surface area (Å²) >= 11 is 1.32. The number of thiophene rings is 1. The number of rotatable bonds is 6. The number of nitrogens with one attached hydrogen (secondary N) is 1. The van der Waals surface area contributed by atoms with E-state index < -0.39 is 11.8 Å². The number of carbonyl (C=O) groups excluding carboxylic acids is 2. The zero-order valence-electron chi connectivity index (χ0n) is 17.4. The Kier molecular flexibility index (Phi) is 5.07. The summed E-state index contributed by atoms with van der Waals surface area (Å²) < 4.78 is 1.73. The van der Waals surface area contributed by atoms with E-state index >= 15 is 0 Å². The fourth-order valence-corrected chi connectivity index (χ4v) is 4.84. The van der Waals surface area contributed by atoms with Crippen LogP contribution < -0.4 is 11.1 Å². The second-order valence-corrected chi connectivity index (χ2v) is 8.96. The Balaban J connectivity index is 1.51. The fourth-order valence-electron chi connectivity index (χ4n) is 3.76. The largest absolute Gasteiger partial charge is 0.365 e. The first-order valence-corrected chi connectivity index (χ1v) is 11.2. The second-order valence-electron chi connectivity index (χ2n) is 7.74. The number of para-hydroxylation sites is 1. The molecule has 4 aromatic rings. The van der Waals surface area contributed by atoms with E-state index in [1.807, 2.05) is 67.6 Å². The molecule has 0 unspecified atom stereocenters. The molecule has 1 saturated carbocycles. The number of benzene rings is 2. The third-order valence-corrected chi connectivity index (χ3v) is 6.42. The molecule has 0 radical (unpaired) electrons. The summed E-state index contributed by atoms with van der Waals surface area (Å²) in [7, 11) is 0. The average molecular weight is 444 g/mol. The van der Waals surface area contributed by atoms with Crippen LogP contribution in [0.5, 0.6) is 0 Å². The molecule has 0 saturated heterocycles. The number of carbonyl (C=O) groups is 2. The number of primary amides is 1. The highest BCUT2D eigenvalue weighted by Crippen LogP contribution is 2.41. The molecule has 7 nitrogen and oxygen atoms in total. The van der Waals surface area contributed by atoms with Crippen molar-refractivity contribution >= 4 is 28.2 Å². The van der Waals surface area contributed by atoms with Gasteiger partial charge in [0.15, 0.2) is 0 Å². The number of aryl methyl sites for hydroxylation is 1. The standard InChI is InChI=1S/C24H21N5O2S/c1-14-18(15-8-4-2-5-9-15)19(20(25)30)24(32-14)27-23(31)21-26-22(16-12-13-16)29(28-21)17-10-6-3-7-11-17/h2-11,16H,12-13H2,1H3,(H2,25,30)(H,27,31). The SMILES string of the molecule is Cc1sc(NC(=O)c2nc(C3CC3)n(-c3ccccc3)n2)c(C(N)=O)c1-c1ccccc1. The second kappa shape index (κ2) is 8.05. The molecule has 0 aliphatic heterocycles. The van der Waals surface area contributed by atoms with E-state index in [0.717, 1.165) is 40.4 Å². The molecule has 0 spiro atoms. The number of hydrogen-bond acceptors (Lipinski definition) is 5. The summed E-state index contributed by atoms with van der Waals surface area (Å²) in [6.45, 7) is 1.91. The highest BCUT2D eigenvalue weighted by Gasteiger charge is 2.32. The molecule has 1 fully saturated rings. The van der Waals surface area contributed by atoms with E-state index in [4.69, 9.17) is 5.73 Å². The predicted molar refractivity (Wildman–Crippen MR) is 124 cm³/mol. The number of hydrogen-bond donors (Lipinski definition) is 2. The van der Waals surface area contributed by atoms with E-state index in [1.165, 1.54) is 11.3 Å². The molecule has 2 amide bonds. The van der Waals surface area contributed by atoms with Crippen molar-refractivity contribution < 1.29 is 9.59 Å². The van der Waals surface area contributed by atoms with Gasteiger partial charge in [-0.1, -0.05) is 48.5 Å². The first kappa shape index (κ1) is 20.1. The maximum Gasteiger partial charge on any atom is 0.295 e. The highest BCUT2D eigenvalue weighted by molar-refractivity contribution is 7.17. The van der Waals surface area contributed by atoms with Gasteiger partial charge in [0.1, 0.15) is 10.8 Å². The fraction of sp³-hybridized carbons (Fsp3) is 0.167. The Morgan fingerprint density at radius 1 is 1.06 bits per heavy atom. The Morgan fingerprint density at radius 3 is 2.34 bits per heavy atom. The monoisotopic (exact) mass is 443 g/mol. The van der Waals surface area contributed by atoms with Gasteiger partial charge in [0, 0.05) is 16.4 Å². The first-order chi connectivity index (χ1) is 15.5. The van der Waals surface area contributed by atoms with Gasteiger partial charge in [-0.2, -0.15) is 0 Å². The first-order valence-electron chi connectivity index (χ1n) is 10.3. The number of aromatic nitrogens is 3. The molecular weight excluding hydrogens is 422 g/mol. The lowest BCUT2D eigenvalue weighted by Crippen LogP contribution is -2.18. The Hall–Kier alpha value is -3.78. The molecule has 1 aliphatic carbocycles. The number of anilines is 1. The van der Waals surface area contributed by atoms with Crippen LogP contribution in [0.2, 0.25) is 0 Å². The lowest BCUT2D eigenvalue weighted by atomic mass is 10.0. The van der Waals surface area contributed by atoms with Gasteiger partial charge in [-0.3, -0.25) is 9.59 Å². The van der Waals surface area contributed by atoms with Crippen LogP contribution >= 0.6 is 11.3 Å². The van der Waals surface area contributed by atoms with E-state index in [2.05, 4.69) is 15.4 Å². The van der Waals surface area contributed by atoms with Crippen LogP contribution in [-0.4, -0.2) is 26.6 Å². The Bertz CT molecular complexity index is 1310. The molecule has 5 rings (SSSR count). The molecular formula is C24H21N5O2S. The van der Waals surface area contributed by atoms with Gasteiger partial charge in [0.25, 0.3) is 11.8 Å². The quantitative estimate of drug-likeness (QED) is 0.457. The van der Waals surface area contributed by atoms with E-state index in [9.17, 15) is 9.59 Å². The zero-order valence-corrected chi connectivity index (χ0v) is 18.2. The lowest BCUT2D eigenvalue weighted by molar-refractivity contribution is 0.100. The van der Waals surface area contributed by atoms with Crippen LogP contribution in [0.3, 0.4) is 0 Å². The number of amides is 2. The molecule has 0 atom stereocenters. The smallest absolute Gasteiger partial charge is 0.295 e. The molecule has 3 N–H and O–H groups in total. The number of nitrogens with two attached hydrogens (primary N) is 1. The number of nitrogens with zero attached hydrogens (tertiary/aromatic N) is 3. The molecule has 2 aromatic heterocycles. The molecule has 2 heterocycles. The van der Waals surface area contributed by atoms with Gasteiger partial charge in [-0.25, -0.2) is 9.67 Å². The summed E-state index contributed by atoms with van der Waals surface area (Å²) in [5.41, 5.74) is 8.48. The van der Waals surface area contributed by atoms with Gasteiger partial charge < -0.3 is 11.1 Å². The van der Waals surface area contributed by atoms with Gasteiger partial charge in [-0.15, -0.1) is 16.4 Å². The third-order valence-electron chi connectivity index (χ3n) is 5.40. The summed E-state index contributed by atoms with van der Waals surface area (Å²) in [5.74, 6) is 0.0938. The summed E-state index contributed by atoms with van der Waals surface area (Å²) in [6.07, 6.45) is 2.06. The zero-order chi connectivity index (χ0) is 22.2. The van der Waals surface area contributed by atoms with Crippen molar-refractivity contribution in [1.29, 1.82) is 0 Å². The van der Waals surface area contributed by atoms with E-state index in [1.54, 1.807) is 4.68 Å². The van der Waals surface area contributed by atoms with Crippen LogP contribution in [-0.2, 0) is 0 Å². The predicted octanol–water partition coefficient (Wildman–Crippen LogP) is 4.53. The molecule has 0 bridgehead atoms. The lowest BCUT2D eigenvalue weighted by Gasteiger charge is -2.06. The molecule has 1 aliphatic rings. The summed E-state index contributed by atoms with van der Waals surface area (Å²) in [4.78, 5) is 30.8. The minimum Gasteiger partial charge on any atom is -0.365 e. The van der Waals surface area contributed by atoms with Gasteiger partial charge >= 0.3 is 0 Å². The summed E-state index contributed by atoms with van der Waals surface area (Å²) in [6, 6.07) is 19.2. The van der Waals surface area contributed by atoms with Crippen molar-refractivity contribution in [3.05, 3.63) is 82.8 Å². The molecule has 8 heteroatoms. The normalized spacial score (nSPS) is 13.2. The van der Waals surface area contributed by atoms with Crippen molar-refractivity contribution in [2.75, 3.05) is 5.32 Å². The third kappa shape index (κ3) is 3.69. The van der Waals surface area contributed by atoms with Gasteiger partial charge in [-0.05, 0) is 37.5 Å². The van der Waals surface area contributed by atoms with Crippen LogP contribution in [0, 0.1) is 6.92 Å². The molecule has 32 heavy (non-hydrogen) atoms. The van der Waals surface area contributed by atoms with Crippen molar-refractivity contribution in [3.8, 4) is 16.8 Å². The molecule has 2 aromatic carbocycles. The maximum absolute atomic E-state index is 13.1. The minimum absolute atomic E-state index is 0.0680. The van der Waals surface area contributed by atoms with Crippen LogP contribution in [0.4, 0.5) is 5.00 Å². The van der Waals surface area contributed by atoms with Gasteiger partial charge in [0.05, 0.1) is 11.3 Å². The Labute approximate surface area is 188 Å². The van der Waals surface area contributed by atoms with E-state index in [-0.39, 0.29) is 5.82 Å². The van der Waals surface area contributed by atoms with Crippen molar-refractivity contribution in [2.24, 2.45) is 5.73 Å². The van der Waals surface area contributed by atoms with Gasteiger partial charge in [0.2, 0.25) is 5.82 Å². The average Bonchev–Trinajstić information content (AvgIpc) is 3.46. The van der Waals surface area contributed by atoms with Crippen LogP contribution in [0.25, 0.3) is 16.8 Å². The Morgan fingerprint density at radius 2 is 1.72 bits per heavy atom. The molecule has 160 valence electrons. The highest BCUT2D eigenvalue weighted by atomic mass is 32.1.